The highest BCUT2D eigenvalue weighted by Gasteiger charge is 2.23. The first-order valence-electron chi connectivity index (χ1n) is 8.97. The topological polar surface area (TPSA) is 49.3 Å². The number of guanidine groups is 1. The molecule has 2 N–H and O–H groups in total. The molecule has 3 rings (SSSR count). The number of hydrogen-bond donors (Lipinski definition) is 2. The van der Waals surface area contributed by atoms with Gasteiger partial charge in [-0.15, -0.1) is 0 Å². The Labute approximate surface area is 174 Å². The van der Waals surface area contributed by atoms with Crippen LogP contribution in [0.1, 0.15) is 48.6 Å². The van der Waals surface area contributed by atoms with Crippen LogP contribution in [0.2, 0.25) is 5.02 Å². The van der Waals surface area contributed by atoms with Crippen LogP contribution in [-0.2, 0) is 0 Å². The van der Waals surface area contributed by atoms with Crippen molar-refractivity contribution in [2.75, 3.05) is 5.32 Å². The van der Waals surface area contributed by atoms with E-state index in [0.717, 1.165) is 40.9 Å². The third kappa shape index (κ3) is 5.33. The zero-order valence-electron chi connectivity index (χ0n) is 15.1. The molecule has 0 aliphatic heterocycles. The molecular formula is C20H24ClIN4. The van der Waals surface area contributed by atoms with E-state index in [4.69, 9.17) is 11.6 Å². The molecule has 1 aromatic heterocycles. The molecule has 1 aliphatic rings. The Kier molecular flexibility index (Phi) is 6.75. The van der Waals surface area contributed by atoms with Gasteiger partial charge < -0.3 is 10.6 Å². The van der Waals surface area contributed by atoms with E-state index in [1.54, 1.807) is 0 Å². The van der Waals surface area contributed by atoms with E-state index in [0.29, 0.717) is 12.0 Å². The number of halogens is 2. The standard InChI is InChI=1S/C20H24ClIN4/c1-13-11-16(12-14(2)23-13)15-3-7-18(8-4-15)24-20(26-22)25-19-9-5-17(21)6-10-19/h5-6,9-12,15,18H,3-4,7-8H2,1-2H3,(H2,24,25,26)/t15-,18+. The van der Waals surface area contributed by atoms with Crippen LogP contribution in [0.25, 0.3) is 0 Å². The van der Waals surface area contributed by atoms with Gasteiger partial charge in [0.15, 0.2) is 0 Å². The molecule has 138 valence electrons. The van der Waals surface area contributed by atoms with Crippen LogP contribution in [0, 0.1) is 13.8 Å². The quantitative estimate of drug-likeness (QED) is 0.331. The molecule has 0 saturated heterocycles. The molecule has 2 aromatic rings. The van der Waals surface area contributed by atoms with Crippen molar-refractivity contribution < 1.29 is 0 Å². The summed E-state index contributed by atoms with van der Waals surface area (Å²) in [7, 11) is 0. The van der Waals surface area contributed by atoms with Crippen molar-refractivity contribution in [2.45, 2.75) is 51.5 Å². The average molecular weight is 483 g/mol. The monoisotopic (exact) mass is 482 g/mol. The van der Waals surface area contributed by atoms with Gasteiger partial charge in [0.1, 0.15) is 0 Å². The first-order chi connectivity index (χ1) is 12.5. The lowest BCUT2D eigenvalue weighted by atomic mass is 9.81. The lowest BCUT2D eigenvalue weighted by Gasteiger charge is -2.30. The molecule has 1 heterocycles. The molecule has 26 heavy (non-hydrogen) atoms. The van der Waals surface area contributed by atoms with Gasteiger partial charge in [-0.05, 0) is 87.4 Å². The normalized spacial score (nSPS) is 20.7. The minimum atomic E-state index is 0.448. The molecule has 1 saturated carbocycles. The second-order valence-electron chi connectivity index (χ2n) is 6.94. The zero-order chi connectivity index (χ0) is 18.5. The number of hydrogen-bond acceptors (Lipinski definition) is 2. The lowest BCUT2D eigenvalue weighted by molar-refractivity contribution is 0.373. The van der Waals surface area contributed by atoms with Crippen molar-refractivity contribution in [2.24, 2.45) is 3.21 Å². The molecule has 4 nitrogen and oxygen atoms in total. The highest BCUT2D eigenvalue weighted by Crippen LogP contribution is 2.33. The maximum Gasteiger partial charge on any atom is 0.206 e. The maximum absolute atomic E-state index is 5.94. The van der Waals surface area contributed by atoms with E-state index in [1.807, 2.05) is 47.1 Å². The molecule has 0 spiro atoms. The van der Waals surface area contributed by atoms with Crippen molar-refractivity contribution in [1.29, 1.82) is 0 Å². The van der Waals surface area contributed by atoms with E-state index in [9.17, 15) is 0 Å². The van der Waals surface area contributed by atoms with Gasteiger partial charge in [-0.3, -0.25) is 4.98 Å². The van der Waals surface area contributed by atoms with Gasteiger partial charge >= 0.3 is 0 Å². The largest absolute Gasteiger partial charge is 0.353 e. The molecular weight excluding hydrogens is 459 g/mol. The van der Waals surface area contributed by atoms with Gasteiger partial charge in [0.25, 0.3) is 0 Å². The second kappa shape index (κ2) is 9.04. The van der Waals surface area contributed by atoms with Gasteiger partial charge in [-0.2, -0.15) is 3.21 Å². The highest BCUT2D eigenvalue weighted by molar-refractivity contribution is 14.1. The molecule has 0 radical (unpaired) electrons. The number of benzene rings is 1. The first kappa shape index (κ1) is 19.4. The minimum Gasteiger partial charge on any atom is -0.353 e. The number of anilines is 1. The minimum absolute atomic E-state index is 0.448. The third-order valence-corrected chi connectivity index (χ3v) is 5.57. The van der Waals surface area contributed by atoms with Crippen molar-refractivity contribution in [3.05, 3.63) is 58.4 Å². The van der Waals surface area contributed by atoms with E-state index in [2.05, 4.69) is 44.8 Å². The van der Waals surface area contributed by atoms with E-state index >= 15 is 0 Å². The Morgan fingerprint density at radius 1 is 1.08 bits per heavy atom. The Morgan fingerprint density at radius 3 is 2.27 bits per heavy atom. The molecule has 0 bridgehead atoms. The van der Waals surface area contributed by atoms with E-state index in [1.165, 1.54) is 18.4 Å². The SMILES string of the molecule is Cc1cc([C@H]2CC[C@@H](N/C(=N/I)Nc3ccc(Cl)cc3)CC2)cc(C)n1. The summed E-state index contributed by atoms with van der Waals surface area (Å²) in [5.74, 6) is 1.43. The summed E-state index contributed by atoms with van der Waals surface area (Å²) >= 11 is 7.97. The number of nitrogens with zero attached hydrogens (tertiary/aromatic N) is 2. The maximum atomic E-state index is 5.94. The van der Waals surface area contributed by atoms with Gasteiger partial charge in [0.2, 0.25) is 5.96 Å². The summed E-state index contributed by atoms with van der Waals surface area (Å²) in [5, 5.41) is 7.61. The second-order valence-corrected chi connectivity index (χ2v) is 7.86. The zero-order valence-corrected chi connectivity index (χ0v) is 18.0. The van der Waals surface area contributed by atoms with Gasteiger partial charge in [-0.25, -0.2) is 0 Å². The number of rotatable bonds is 3. The van der Waals surface area contributed by atoms with Crippen molar-refractivity contribution in [3.63, 3.8) is 0 Å². The van der Waals surface area contributed by atoms with Gasteiger partial charge in [0.05, 0.1) is 22.9 Å². The Morgan fingerprint density at radius 2 is 1.69 bits per heavy atom. The average Bonchev–Trinajstić information content (AvgIpc) is 2.63. The van der Waals surface area contributed by atoms with Crippen LogP contribution < -0.4 is 10.6 Å². The fourth-order valence-electron chi connectivity index (χ4n) is 3.62. The van der Waals surface area contributed by atoms with Crippen LogP contribution in [0.4, 0.5) is 5.69 Å². The fraction of sp³-hybridized carbons (Fsp3) is 0.400. The molecule has 6 heteroatoms. The number of nitrogens with one attached hydrogen (secondary N) is 2. The Balaban J connectivity index is 1.54. The van der Waals surface area contributed by atoms with Crippen LogP contribution in [0.5, 0.6) is 0 Å². The predicted octanol–water partition coefficient (Wildman–Crippen LogP) is 5.79. The van der Waals surface area contributed by atoms with E-state index < -0.39 is 0 Å². The molecule has 1 aromatic carbocycles. The summed E-state index contributed by atoms with van der Waals surface area (Å²) in [6, 6.07) is 12.6. The molecule has 0 atom stereocenters. The number of aryl methyl sites for hydroxylation is 2. The fourth-order valence-corrected chi connectivity index (χ4v) is 4.00. The molecule has 1 aliphatic carbocycles. The first-order valence-corrected chi connectivity index (χ1v) is 10.3. The smallest absolute Gasteiger partial charge is 0.206 e. The number of pyridine rings is 1. The van der Waals surface area contributed by atoms with Crippen LogP contribution in [0.3, 0.4) is 0 Å². The highest BCUT2D eigenvalue weighted by atomic mass is 127. The summed E-state index contributed by atoms with van der Waals surface area (Å²) in [6.45, 7) is 4.16. The van der Waals surface area contributed by atoms with Gasteiger partial charge in [0, 0.05) is 28.1 Å². The van der Waals surface area contributed by atoms with E-state index in [-0.39, 0.29) is 0 Å². The van der Waals surface area contributed by atoms with Crippen LogP contribution in [-0.4, -0.2) is 17.0 Å². The summed E-state index contributed by atoms with van der Waals surface area (Å²) in [6.07, 6.45) is 4.66. The predicted molar refractivity (Wildman–Crippen MR) is 118 cm³/mol. The Hall–Kier alpha value is -1.34. The van der Waals surface area contributed by atoms with Crippen molar-refractivity contribution >= 4 is 46.1 Å². The third-order valence-electron chi connectivity index (χ3n) is 4.83. The summed E-state index contributed by atoms with van der Waals surface area (Å²) in [5.41, 5.74) is 4.66. The lowest BCUT2D eigenvalue weighted by Crippen LogP contribution is -2.40. The molecule has 1 fully saturated rings. The molecule has 0 unspecified atom stereocenters. The van der Waals surface area contributed by atoms with Crippen molar-refractivity contribution in [3.8, 4) is 0 Å². The van der Waals surface area contributed by atoms with Crippen molar-refractivity contribution in [1.82, 2.24) is 10.3 Å². The summed E-state index contributed by atoms with van der Waals surface area (Å²) in [4.78, 5) is 4.49. The molecule has 0 amide bonds. The van der Waals surface area contributed by atoms with Gasteiger partial charge in [-0.1, -0.05) is 11.6 Å². The van der Waals surface area contributed by atoms with Crippen LogP contribution >= 0.6 is 34.5 Å². The number of aromatic nitrogens is 1. The summed E-state index contributed by atoms with van der Waals surface area (Å²) < 4.78 is 4.32. The van der Waals surface area contributed by atoms with Crippen LogP contribution in [0.15, 0.2) is 39.6 Å². The Bertz CT molecular complexity index is 748.